The third-order valence-corrected chi connectivity index (χ3v) is 5.91. The first-order chi connectivity index (χ1) is 12.3. The van der Waals surface area contributed by atoms with Crippen molar-refractivity contribution in [3.63, 3.8) is 0 Å². The maximum Gasteiger partial charge on any atom is 0.0890 e. The molecule has 1 aromatic carbocycles. The van der Waals surface area contributed by atoms with Crippen molar-refractivity contribution in [3.05, 3.63) is 64.0 Å². The quantitative estimate of drug-likeness (QED) is 0.431. The number of hydrogen-bond acceptors (Lipinski definition) is 2. The molecule has 0 fully saturated rings. The van der Waals surface area contributed by atoms with E-state index < -0.39 is 0 Å². The molecule has 0 spiro atoms. The topological polar surface area (TPSA) is 28.7 Å². The van der Waals surface area contributed by atoms with Gasteiger partial charge in [0.15, 0.2) is 0 Å². The average molecular weight is 439 g/mol. The first-order valence-corrected chi connectivity index (χ1v) is 9.41. The number of aromatic amines is 1. The largest absolute Gasteiger partial charge is 0.368 e. The molecule has 4 heteroatoms. The van der Waals surface area contributed by atoms with E-state index in [4.69, 9.17) is 4.98 Å². The summed E-state index contributed by atoms with van der Waals surface area (Å²) in [7, 11) is 0. The van der Waals surface area contributed by atoms with E-state index in [9.17, 15) is 0 Å². The molecule has 3 aliphatic rings. The second kappa shape index (κ2) is 6.96. The van der Waals surface area contributed by atoms with Gasteiger partial charge in [0.25, 0.3) is 0 Å². The molecule has 0 saturated carbocycles. The molecule has 0 bridgehead atoms. The number of hydrogen-bond donors (Lipinski definition) is 1. The van der Waals surface area contributed by atoms with Crippen LogP contribution in [-0.4, -0.2) is 9.97 Å². The summed E-state index contributed by atoms with van der Waals surface area (Å²) in [6.45, 7) is 2.10. The minimum Gasteiger partial charge on any atom is -0.368 e. The Bertz CT molecular complexity index is 1260. The van der Waals surface area contributed by atoms with Gasteiger partial charge in [0.2, 0.25) is 0 Å². The van der Waals surface area contributed by atoms with E-state index in [0.29, 0.717) is 0 Å². The molecule has 5 rings (SSSR count). The molecule has 0 atom stereocenters. The van der Waals surface area contributed by atoms with E-state index in [2.05, 4.69) is 60.5 Å². The van der Waals surface area contributed by atoms with Crippen LogP contribution in [0.5, 0.6) is 0 Å². The van der Waals surface area contributed by atoms with Crippen molar-refractivity contribution in [2.24, 2.45) is 0 Å². The fraction of sp³-hybridized carbons (Fsp3) is 0.136. The summed E-state index contributed by atoms with van der Waals surface area (Å²) >= 11 is 1.81. The number of benzene rings is 1. The molecule has 1 aliphatic carbocycles. The van der Waals surface area contributed by atoms with Crippen LogP contribution in [-0.2, 0) is 20.1 Å². The second-order valence-corrected chi connectivity index (χ2v) is 7.32. The van der Waals surface area contributed by atoms with Gasteiger partial charge in [-0.3, -0.25) is 0 Å². The molecule has 3 heterocycles. The zero-order chi connectivity index (χ0) is 16.8. The van der Waals surface area contributed by atoms with Crippen molar-refractivity contribution in [1.29, 1.82) is 0 Å². The number of fused-ring (bicyclic) bond motifs is 5. The Morgan fingerprint density at radius 1 is 1.27 bits per heavy atom. The van der Waals surface area contributed by atoms with E-state index in [1.54, 1.807) is 0 Å². The summed E-state index contributed by atoms with van der Waals surface area (Å²) in [6, 6.07) is 8.39. The molecule has 0 saturated heterocycles. The van der Waals surface area contributed by atoms with Crippen LogP contribution in [0.2, 0.25) is 0 Å². The average Bonchev–Trinajstić information content (AvgIpc) is 3.19. The van der Waals surface area contributed by atoms with Gasteiger partial charge in [-0.1, -0.05) is 40.9 Å². The van der Waals surface area contributed by atoms with Crippen molar-refractivity contribution < 1.29 is 20.1 Å². The predicted octanol–water partition coefficient (Wildman–Crippen LogP) is 4.61. The molecule has 26 heavy (non-hydrogen) atoms. The summed E-state index contributed by atoms with van der Waals surface area (Å²) in [5.41, 5.74) is 5.81. The number of nitrogens with zero attached hydrogens (tertiary/aromatic N) is 1. The fourth-order valence-electron chi connectivity index (χ4n) is 3.57. The Labute approximate surface area is 169 Å². The summed E-state index contributed by atoms with van der Waals surface area (Å²) < 4.78 is 2.47. The van der Waals surface area contributed by atoms with Gasteiger partial charge in [-0.2, -0.15) is 29.1 Å². The number of aromatic nitrogens is 2. The van der Waals surface area contributed by atoms with Crippen LogP contribution in [0, 0.1) is 0 Å². The van der Waals surface area contributed by atoms with Gasteiger partial charge < -0.3 is 4.98 Å². The zero-order valence-electron chi connectivity index (χ0n) is 14.3. The number of nitrogens with one attached hydrogen (secondary N) is 1. The molecule has 1 N–H and O–H groups in total. The number of H-pyrrole nitrogens is 1. The third-order valence-electron chi connectivity index (χ3n) is 4.77. The maximum atomic E-state index is 4.77. The third kappa shape index (κ3) is 2.69. The smallest absolute Gasteiger partial charge is 0.0890 e. The first-order valence-electron chi connectivity index (χ1n) is 8.59. The minimum atomic E-state index is 0. The van der Waals surface area contributed by atoms with Crippen molar-refractivity contribution >= 4 is 44.6 Å². The van der Waals surface area contributed by atoms with Gasteiger partial charge in [-0.15, -0.1) is 12.2 Å². The van der Waals surface area contributed by atoms with Gasteiger partial charge in [0.1, 0.15) is 0 Å². The van der Waals surface area contributed by atoms with Gasteiger partial charge in [-0.25, -0.2) is 4.98 Å². The molecule has 2 aromatic rings. The molecule has 129 valence electrons. The van der Waals surface area contributed by atoms with Crippen LogP contribution >= 0.6 is 11.3 Å². The van der Waals surface area contributed by atoms with Crippen molar-refractivity contribution in [2.75, 3.05) is 0 Å². The molecule has 0 amide bonds. The van der Waals surface area contributed by atoms with Crippen LogP contribution in [0.3, 0.4) is 0 Å². The predicted molar refractivity (Wildman–Crippen MR) is 107 cm³/mol. The van der Waals surface area contributed by atoms with Crippen molar-refractivity contribution in [3.8, 4) is 11.3 Å². The molecule has 2 aliphatic heterocycles. The monoisotopic (exact) mass is 438 g/mol. The molecule has 1 radical (unpaired) electrons. The van der Waals surface area contributed by atoms with Crippen LogP contribution in [0.1, 0.15) is 19.8 Å². The van der Waals surface area contributed by atoms with Crippen LogP contribution < -0.4 is 9.75 Å². The van der Waals surface area contributed by atoms with Crippen molar-refractivity contribution in [1.82, 2.24) is 9.97 Å². The van der Waals surface area contributed by atoms with E-state index in [0.717, 1.165) is 24.1 Å². The summed E-state index contributed by atoms with van der Waals surface area (Å²) in [5, 5.41) is 2.47. The Kier molecular flexibility index (Phi) is 4.66. The summed E-state index contributed by atoms with van der Waals surface area (Å²) in [5.74, 6) is 0. The van der Waals surface area contributed by atoms with E-state index >= 15 is 0 Å². The van der Waals surface area contributed by atoms with Crippen LogP contribution in [0.25, 0.3) is 44.5 Å². The Hall–Kier alpha value is -2.00. The molecular formula is C22H17N2STc-. The number of allylic oxidation sites excluding steroid dienone is 4. The number of para-hydroxylation sites is 1. The second-order valence-electron chi connectivity index (χ2n) is 6.30. The van der Waals surface area contributed by atoms with Gasteiger partial charge in [0.05, 0.1) is 11.2 Å². The maximum absolute atomic E-state index is 4.77. The number of rotatable bonds is 1. The molecule has 0 unspecified atom stereocenters. The summed E-state index contributed by atoms with van der Waals surface area (Å²) in [4.78, 5) is 8.25. The SMILES string of the molecule is C/C=c1\c(=[C-]C2=CC=CCC2)sc2c3c4ccccc4nc-3c[nH]c12.[Tc]. The Morgan fingerprint density at radius 2 is 2.15 bits per heavy atom. The molecule has 2 nitrogen and oxygen atoms in total. The normalized spacial score (nSPS) is 15.8. The molecule has 1 aromatic heterocycles. The fourth-order valence-corrected chi connectivity index (χ4v) is 4.88. The zero-order valence-corrected chi connectivity index (χ0v) is 17.0. The van der Waals surface area contributed by atoms with Crippen molar-refractivity contribution in [2.45, 2.75) is 19.8 Å². The minimum absolute atomic E-state index is 0. The van der Waals surface area contributed by atoms with Crippen LogP contribution in [0.15, 0.2) is 54.3 Å². The van der Waals surface area contributed by atoms with Gasteiger partial charge in [0, 0.05) is 47.5 Å². The van der Waals surface area contributed by atoms with E-state index in [1.165, 1.54) is 36.5 Å². The Morgan fingerprint density at radius 3 is 2.96 bits per heavy atom. The van der Waals surface area contributed by atoms with Gasteiger partial charge in [-0.05, 0) is 18.9 Å². The van der Waals surface area contributed by atoms with Gasteiger partial charge >= 0.3 is 0 Å². The Balaban J connectivity index is 0.00000168. The number of thiophene rings is 1. The molecular weight excluding hydrogens is 422 g/mol. The van der Waals surface area contributed by atoms with Crippen LogP contribution in [0.4, 0.5) is 0 Å². The van der Waals surface area contributed by atoms with E-state index in [-0.39, 0.29) is 20.1 Å². The first kappa shape index (κ1) is 17.4. The number of pyridine rings is 1. The summed E-state index contributed by atoms with van der Waals surface area (Å²) in [6.07, 6.45) is 16.5. The van der Waals surface area contributed by atoms with E-state index in [1.807, 2.05) is 23.6 Å². The standard InChI is InChI=1S/C22H17N2S.Tc/c1-2-15-19(12-14-8-4-3-5-9-14)25-22-20-16-10-6-7-11-17(16)24-18(20)13-23-21(15)22;/h2-4,6-8,10-11,13,23H,5,9H2,1H3;/q-1;/b15-2+;.